The zero-order valence-corrected chi connectivity index (χ0v) is 26.2. The Balaban J connectivity index is 1.82. The molecule has 1 aromatic rings. The van der Waals surface area contributed by atoms with Gasteiger partial charge in [0.15, 0.2) is 0 Å². The third-order valence-electron chi connectivity index (χ3n) is 9.19. The highest BCUT2D eigenvalue weighted by Crippen LogP contribution is 2.69. The van der Waals surface area contributed by atoms with Gasteiger partial charge in [-0.25, -0.2) is 0 Å². The standard InChI is InChI=1S/C32H47N3O5S/c1-8-16-34(23-14-12-22(13-15-23)33(9-2)10-3)30(38)28-32-21(7)18-25(41-32)26(31(39)40-11-4)27(32)29(37)35(28)24(19-36)17-20(5)6/h8,12-15,20-21,24-28,36H,1,9-11,16-19H2,2-7H3/t21?,24-,25+,26-,27+,28?,32?/m1/s1. The van der Waals surface area contributed by atoms with E-state index < -0.39 is 28.7 Å². The molecule has 4 rings (SSSR count). The van der Waals surface area contributed by atoms with Crippen LogP contribution >= 0.6 is 11.8 Å². The summed E-state index contributed by atoms with van der Waals surface area (Å²) in [6.07, 6.45) is 3.00. The highest BCUT2D eigenvalue weighted by molar-refractivity contribution is 8.02. The van der Waals surface area contributed by atoms with Crippen LogP contribution in [-0.4, -0.2) is 82.7 Å². The molecule has 1 aromatic carbocycles. The summed E-state index contributed by atoms with van der Waals surface area (Å²) in [7, 11) is 0. The first-order valence-corrected chi connectivity index (χ1v) is 16.0. The number of fused-ring (bicyclic) bond motifs is 1. The van der Waals surface area contributed by atoms with Gasteiger partial charge in [0.2, 0.25) is 5.91 Å². The predicted octanol–water partition coefficient (Wildman–Crippen LogP) is 4.36. The Morgan fingerprint density at radius 2 is 1.83 bits per heavy atom. The fourth-order valence-electron chi connectivity index (χ4n) is 7.49. The number of aliphatic hydroxyl groups is 1. The van der Waals surface area contributed by atoms with Gasteiger partial charge in [0.05, 0.1) is 35.8 Å². The minimum absolute atomic E-state index is 0.0325. The van der Waals surface area contributed by atoms with Crippen LogP contribution in [0.15, 0.2) is 36.9 Å². The molecule has 41 heavy (non-hydrogen) atoms. The Morgan fingerprint density at radius 1 is 1.20 bits per heavy atom. The van der Waals surface area contributed by atoms with Crippen molar-refractivity contribution in [2.75, 3.05) is 42.6 Å². The van der Waals surface area contributed by atoms with Crippen molar-refractivity contribution >= 4 is 40.9 Å². The number of benzene rings is 1. The van der Waals surface area contributed by atoms with E-state index in [0.717, 1.165) is 30.9 Å². The van der Waals surface area contributed by atoms with Crippen LogP contribution in [0.5, 0.6) is 0 Å². The summed E-state index contributed by atoms with van der Waals surface area (Å²) in [5.41, 5.74) is 1.81. The van der Waals surface area contributed by atoms with Gasteiger partial charge in [-0.2, -0.15) is 0 Å². The number of amides is 2. The number of anilines is 2. The average Bonchev–Trinajstić information content (AvgIpc) is 3.55. The number of hydrogen-bond acceptors (Lipinski definition) is 7. The second kappa shape index (κ2) is 12.8. The molecule has 3 unspecified atom stereocenters. The SMILES string of the molecule is C=CCN(C(=O)C1N([C@@H](CO)CC(C)C)C(=O)[C@@H]2[C@H](C(=O)OCC)[C@@H]3CC(C)C12S3)c1ccc(N(CC)CC)cc1. The second-order valence-corrected chi connectivity index (χ2v) is 13.5. The van der Waals surface area contributed by atoms with E-state index in [1.807, 2.05) is 38.1 Å². The summed E-state index contributed by atoms with van der Waals surface area (Å²) in [4.78, 5) is 48.2. The topological polar surface area (TPSA) is 90.4 Å². The zero-order chi connectivity index (χ0) is 30.1. The van der Waals surface area contributed by atoms with Crippen LogP contribution in [0.4, 0.5) is 11.4 Å². The maximum absolute atomic E-state index is 14.9. The lowest BCUT2D eigenvalue weighted by molar-refractivity contribution is -0.154. The van der Waals surface area contributed by atoms with Crippen LogP contribution < -0.4 is 9.80 Å². The van der Waals surface area contributed by atoms with Crippen molar-refractivity contribution in [3.05, 3.63) is 36.9 Å². The minimum Gasteiger partial charge on any atom is -0.466 e. The van der Waals surface area contributed by atoms with Crippen molar-refractivity contribution in [2.24, 2.45) is 23.7 Å². The second-order valence-electron chi connectivity index (χ2n) is 11.9. The molecule has 0 aromatic heterocycles. The smallest absolute Gasteiger partial charge is 0.310 e. The number of hydrogen-bond donors (Lipinski definition) is 1. The summed E-state index contributed by atoms with van der Waals surface area (Å²) in [6, 6.07) is 6.61. The van der Waals surface area contributed by atoms with Gasteiger partial charge in [0.1, 0.15) is 6.04 Å². The summed E-state index contributed by atoms with van der Waals surface area (Å²) < 4.78 is 4.69. The van der Waals surface area contributed by atoms with Crippen molar-refractivity contribution in [3.8, 4) is 0 Å². The molecule has 3 heterocycles. The highest BCUT2D eigenvalue weighted by Gasteiger charge is 2.77. The van der Waals surface area contributed by atoms with E-state index in [2.05, 4.69) is 32.3 Å². The average molecular weight is 586 g/mol. The third kappa shape index (κ3) is 5.29. The van der Waals surface area contributed by atoms with Crippen LogP contribution in [0.25, 0.3) is 0 Å². The van der Waals surface area contributed by atoms with Crippen molar-refractivity contribution in [1.82, 2.24) is 4.90 Å². The van der Waals surface area contributed by atoms with Gasteiger partial charge in [-0.05, 0) is 69.7 Å². The lowest BCUT2D eigenvalue weighted by atomic mass is 9.66. The molecule has 3 aliphatic heterocycles. The minimum atomic E-state index is -0.817. The van der Waals surface area contributed by atoms with E-state index in [0.29, 0.717) is 6.42 Å². The maximum Gasteiger partial charge on any atom is 0.310 e. The predicted molar refractivity (Wildman–Crippen MR) is 165 cm³/mol. The molecule has 8 nitrogen and oxygen atoms in total. The van der Waals surface area contributed by atoms with Crippen LogP contribution in [0, 0.1) is 23.7 Å². The molecule has 3 saturated heterocycles. The lowest BCUT2D eigenvalue weighted by Gasteiger charge is -2.42. The van der Waals surface area contributed by atoms with Crippen LogP contribution in [0.1, 0.15) is 54.4 Å². The van der Waals surface area contributed by atoms with Gasteiger partial charge >= 0.3 is 5.97 Å². The fraction of sp³-hybridized carbons (Fsp3) is 0.656. The number of nitrogens with zero attached hydrogens (tertiary/aromatic N) is 3. The quantitative estimate of drug-likeness (QED) is 0.272. The van der Waals surface area contributed by atoms with Gasteiger partial charge in [-0.1, -0.05) is 26.8 Å². The van der Waals surface area contributed by atoms with E-state index in [-0.39, 0.29) is 54.6 Å². The highest BCUT2D eigenvalue weighted by atomic mass is 32.2. The number of aliphatic hydroxyl groups excluding tert-OH is 1. The Bertz CT molecular complexity index is 1120. The van der Waals surface area contributed by atoms with E-state index in [9.17, 15) is 19.5 Å². The summed E-state index contributed by atoms with van der Waals surface area (Å²) >= 11 is 1.63. The monoisotopic (exact) mass is 585 g/mol. The number of esters is 1. The van der Waals surface area contributed by atoms with Crippen molar-refractivity contribution in [3.63, 3.8) is 0 Å². The first-order chi connectivity index (χ1) is 19.6. The van der Waals surface area contributed by atoms with E-state index in [1.165, 1.54) is 0 Å². The molecule has 0 radical (unpaired) electrons. The van der Waals surface area contributed by atoms with Gasteiger partial charge in [-0.15, -0.1) is 18.3 Å². The molecule has 3 fully saturated rings. The molecule has 9 heteroatoms. The number of ether oxygens (including phenoxy) is 1. The number of carbonyl (C=O) groups is 3. The maximum atomic E-state index is 14.9. The van der Waals surface area contributed by atoms with E-state index in [1.54, 1.807) is 34.6 Å². The van der Waals surface area contributed by atoms with Crippen molar-refractivity contribution in [2.45, 2.75) is 76.5 Å². The van der Waals surface area contributed by atoms with Crippen LogP contribution in [-0.2, 0) is 19.1 Å². The van der Waals surface area contributed by atoms with Crippen LogP contribution in [0.2, 0.25) is 0 Å². The molecule has 226 valence electrons. The van der Waals surface area contributed by atoms with Crippen molar-refractivity contribution < 1.29 is 24.2 Å². The van der Waals surface area contributed by atoms with Gasteiger partial charge in [0, 0.05) is 36.3 Å². The fourth-order valence-corrected chi connectivity index (χ4v) is 9.88. The molecule has 2 amide bonds. The Labute approximate surface area is 249 Å². The molecule has 3 aliphatic rings. The Kier molecular flexibility index (Phi) is 9.79. The molecule has 0 aliphatic carbocycles. The zero-order valence-electron chi connectivity index (χ0n) is 25.4. The van der Waals surface area contributed by atoms with Crippen molar-refractivity contribution in [1.29, 1.82) is 0 Å². The summed E-state index contributed by atoms with van der Waals surface area (Å²) in [5.74, 6) is -1.78. The number of likely N-dealkylation sites (tertiary alicyclic amines) is 1. The first kappa shape index (κ1) is 31.4. The molecule has 7 atom stereocenters. The molecular weight excluding hydrogens is 538 g/mol. The van der Waals surface area contributed by atoms with Gasteiger partial charge in [0.25, 0.3) is 5.91 Å². The lowest BCUT2D eigenvalue weighted by Crippen LogP contribution is -2.59. The number of carbonyl (C=O) groups excluding carboxylic acids is 3. The van der Waals surface area contributed by atoms with E-state index >= 15 is 0 Å². The third-order valence-corrected chi connectivity index (χ3v) is 11.3. The largest absolute Gasteiger partial charge is 0.466 e. The Morgan fingerprint density at radius 3 is 2.37 bits per heavy atom. The van der Waals surface area contributed by atoms with Gasteiger partial charge < -0.3 is 24.5 Å². The number of thioether (sulfide) groups is 1. The van der Waals surface area contributed by atoms with Gasteiger partial charge in [-0.3, -0.25) is 14.4 Å². The summed E-state index contributed by atoms with van der Waals surface area (Å²) in [6.45, 7) is 18.1. The number of rotatable bonds is 13. The first-order valence-electron chi connectivity index (χ1n) is 15.2. The normalized spacial score (nSPS) is 29.0. The molecule has 1 spiro atoms. The Hall–Kier alpha value is -2.52. The molecule has 1 N–H and O–H groups in total. The molecule has 0 saturated carbocycles. The summed E-state index contributed by atoms with van der Waals surface area (Å²) in [5, 5.41) is 10.5. The van der Waals surface area contributed by atoms with E-state index in [4.69, 9.17) is 4.74 Å². The molecule has 2 bridgehead atoms. The van der Waals surface area contributed by atoms with Crippen LogP contribution in [0.3, 0.4) is 0 Å². The molecular formula is C32H47N3O5S.